The molecule has 0 aromatic heterocycles. The third-order valence-corrected chi connectivity index (χ3v) is 6.19. The fraction of sp³-hybridized carbons (Fsp3) is 0.500. The van der Waals surface area contributed by atoms with Crippen molar-refractivity contribution in [3.8, 4) is 0 Å². The van der Waals surface area contributed by atoms with E-state index < -0.39 is 5.60 Å². The van der Waals surface area contributed by atoms with Gasteiger partial charge in [0, 0.05) is 10.0 Å². The molecule has 1 atom stereocenters. The molecule has 22 heavy (non-hydrogen) atoms. The molecule has 3 rings (SSSR count). The van der Waals surface area contributed by atoms with E-state index in [1.54, 1.807) is 0 Å². The highest BCUT2D eigenvalue weighted by Gasteiger charge is 2.36. The van der Waals surface area contributed by atoms with Crippen molar-refractivity contribution < 1.29 is 9.90 Å². The molecule has 1 aromatic rings. The van der Waals surface area contributed by atoms with Crippen molar-refractivity contribution in [2.24, 2.45) is 11.7 Å². The van der Waals surface area contributed by atoms with E-state index in [-0.39, 0.29) is 11.8 Å². The van der Waals surface area contributed by atoms with E-state index >= 15 is 0 Å². The second-order valence-corrected chi connectivity index (χ2v) is 7.92. The number of carbonyl (C=O) groups excluding carboxylic acids is 1. The minimum absolute atomic E-state index is 0.275. The quantitative estimate of drug-likeness (QED) is 0.840. The number of primary amides is 1. The number of amides is 1. The Morgan fingerprint density at radius 3 is 2.73 bits per heavy atom. The van der Waals surface area contributed by atoms with Crippen molar-refractivity contribution in [2.75, 3.05) is 0 Å². The number of halogens is 1. The molecule has 1 amide bonds. The molecule has 0 fully saturated rings. The van der Waals surface area contributed by atoms with Gasteiger partial charge in [-0.15, -0.1) is 0 Å². The fourth-order valence-corrected chi connectivity index (χ4v) is 4.46. The van der Waals surface area contributed by atoms with Crippen molar-refractivity contribution >= 4 is 27.4 Å². The molecule has 118 valence electrons. The Hall–Kier alpha value is -1.13. The molecule has 0 aliphatic heterocycles. The summed E-state index contributed by atoms with van der Waals surface area (Å²) in [5.74, 6) is -0.0804. The van der Waals surface area contributed by atoms with Gasteiger partial charge in [-0.3, -0.25) is 4.79 Å². The summed E-state index contributed by atoms with van der Waals surface area (Å²) in [5, 5.41) is 10.3. The fourth-order valence-electron chi connectivity index (χ4n) is 3.86. The second-order valence-electron chi connectivity index (χ2n) is 7.13. The van der Waals surface area contributed by atoms with Crippen LogP contribution in [0.1, 0.15) is 60.2 Å². The zero-order valence-corrected chi connectivity index (χ0v) is 14.9. The largest absolute Gasteiger partial charge is 0.390 e. The maximum Gasteiger partial charge on any atom is 0.249 e. The summed E-state index contributed by atoms with van der Waals surface area (Å²) in [5.41, 5.74) is 11.6. The number of hydrogen-bond acceptors (Lipinski definition) is 2. The third-order valence-electron chi connectivity index (χ3n) is 5.17. The molecule has 0 spiro atoms. The van der Waals surface area contributed by atoms with E-state index in [0.717, 1.165) is 41.3 Å². The van der Waals surface area contributed by atoms with Gasteiger partial charge in [0.1, 0.15) is 0 Å². The van der Waals surface area contributed by atoms with Gasteiger partial charge < -0.3 is 10.8 Å². The van der Waals surface area contributed by atoms with Crippen molar-refractivity contribution in [1.29, 1.82) is 0 Å². The lowest BCUT2D eigenvalue weighted by atomic mass is 9.76. The van der Waals surface area contributed by atoms with Crippen LogP contribution in [0.3, 0.4) is 0 Å². The summed E-state index contributed by atoms with van der Waals surface area (Å²) >= 11 is 3.70. The highest BCUT2D eigenvalue weighted by Crippen LogP contribution is 2.49. The maximum atomic E-state index is 11.8. The molecule has 0 radical (unpaired) electrons. The number of nitrogens with two attached hydrogens (primary N) is 1. The molecular formula is C18H22BrNO2. The molecular weight excluding hydrogens is 342 g/mol. The monoisotopic (exact) mass is 363 g/mol. The number of aliphatic hydroxyl groups is 1. The van der Waals surface area contributed by atoms with Gasteiger partial charge in [-0.2, -0.15) is 0 Å². The first kappa shape index (κ1) is 15.8. The standard InChI is InChI=1S/C18H22BrNO2/c1-9-6-14(17(20)21)13-8-10-7-11(18(2,3)22)4-5-12(10)15(13)16(9)19/h6,11,22H,4-5,7-8H2,1-3H3,(H2,20,21)/t11-/m1/s1. The third kappa shape index (κ3) is 2.42. The van der Waals surface area contributed by atoms with Gasteiger partial charge in [-0.25, -0.2) is 0 Å². The number of allylic oxidation sites excluding steroid dienone is 2. The van der Waals surface area contributed by atoms with E-state index in [2.05, 4.69) is 15.9 Å². The number of hydrogen-bond donors (Lipinski definition) is 2. The van der Waals surface area contributed by atoms with Crippen molar-refractivity contribution in [1.82, 2.24) is 0 Å². The summed E-state index contributed by atoms with van der Waals surface area (Å²) in [6, 6.07) is 1.89. The number of rotatable bonds is 2. The Morgan fingerprint density at radius 2 is 2.14 bits per heavy atom. The van der Waals surface area contributed by atoms with E-state index in [9.17, 15) is 9.90 Å². The van der Waals surface area contributed by atoms with Gasteiger partial charge in [0.25, 0.3) is 0 Å². The first-order valence-electron chi connectivity index (χ1n) is 7.75. The van der Waals surface area contributed by atoms with E-state index in [4.69, 9.17) is 5.73 Å². The lowest BCUT2D eigenvalue weighted by molar-refractivity contribution is 0.0123. The summed E-state index contributed by atoms with van der Waals surface area (Å²) in [4.78, 5) is 11.8. The Morgan fingerprint density at radius 1 is 1.45 bits per heavy atom. The molecule has 0 heterocycles. The molecule has 3 nitrogen and oxygen atoms in total. The lowest BCUT2D eigenvalue weighted by Gasteiger charge is -2.33. The molecule has 2 aliphatic rings. The normalized spacial score (nSPS) is 20.9. The predicted molar refractivity (Wildman–Crippen MR) is 91.7 cm³/mol. The Balaban J connectivity index is 2.08. The molecule has 3 N–H and O–H groups in total. The Bertz CT molecular complexity index is 698. The SMILES string of the molecule is Cc1cc(C(N)=O)c2c(c1Br)C1=C(C2)C[C@H](C(C)(C)O)CC1. The molecule has 0 bridgehead atoms. The second kappa shape index (κ2) is 5.20. The summed E-state index contributed by atoms with van der Waals surface area (Å²) in [6.07, 6.45) is 3.62. The minimum Gasteiger partial charge on any atom is -0.390 e. The van der Waals surface area contributed by atoms with Crippen LogP contribution in [-0.4, -0.2) is 16.6 Å². The number of carbonyl (C=O) groups is 1. The van der Waals surface area contributed by atoms with Crippen molar-refractivity contribution in [3.63, 3.8) is 0 Å². The highest BCUT2D eigenvalue weighted by atomic mass is 79.9. The van der Waals surface area contributed by atoms with Crippen LogP contribution in [0.2, 0.25) is 0 Å². The predicted octanol–water partition coefficient (Wildman–Crippen LogP) is 3.74. The molecule has 0 unspecified atom stereocenters. The summed E-state index contributed by atoms with van der Waals surface area (Å²) < 4.78 is 1.08. The lowest BCUT2D eigenvalue weighted by Crippen LogP contribution is -2.32. The van der Waals surface area contributed by atoms with Gasteiger partial charge in [0.05, 0.1) is 5.60 Å². The maximum absolute atomic E-state index is 11.8. The summed E-state index contributed by atoms with van der Waals surface area (Å²) in [6.45, 7) is 5.78. The first-order chi connectivity index (χ1) is 10.2. The van der Waals surface area contributed by atoms with E-state index in [1.165, 1.54) is 16.7 Å². The number of benzene rings is 1. The van der Waals surface area contributed by atoms with Crippen LogP contribution in [-0.2, 0) is 6.42 Å². The van der Waals surface area contributed by atoms with Crippen LogP contribution >= 0.6 is 15.9 Å². The zero-order valence-electron chi connectivity index (χ0n) is 13.3. The van der Waals surface area contributed by atoms with Gasteiger partial charge in [-0.05, 0) is 96.6 Å². The Kier molecular flexibility index (Phi) is 3.73. The van der Waals surface area contributed by atoms with Gasteiger partial charge >= 0.3 is 0 Å². The van der Waals surface area contributed by atoms with Gasteiger partial charge in [0.2, 0.25) is 5.91 Å². The van der Waals surface area contributed by atoms with E-state index in [1.807, 2.05) is 26.8 Å². The first-order valence-corrected chi connectivity index (χ1v) is 8.55. The molecule has 1 aromatic carbocycles. The highest BCUT2D eigenvalue weighted by molar-refractivity contribution is 9.10. The summed E-state index contributed by atoms with van der Waals surface area (Å²) in [7, 11) is 0. The smallest absolute Gasteiger partial charge is 0.249 e. The van der Waals surface area contributed by atoms with Crippen molar-refractivity contribution in [3.05, 3.63) is 38.4 Å². The van der Waals surface area contributed by atoms with Crippen molar-refractivity contribution in [2.45, 2.75) is 52.1 Å². The average Bonchev–Trinajstić information content (AvgIpc) is 2.79. The van der Waals surface area contributed by atoms with Crippen LogP contribution < -0.4 is 5.73 Å². The molecule has 0 saturated heterocycles. The van der Waals surface area contributed by atoms with Crippen LogP contribution in [0, 0.1) is 12.8 Å². The zero-order chi connectivity index (χ0) is 16.2. The van der Waals surface area contributed by atoms with Crippen LogP contribution in [0.5, 0.6) is 0 Å². The average molecular weight is 364 g/mol. The van der Waals surface area contributed by atoms with Gasteiger partial charge in [0.15, 0.2) is 0 Å². The van der Waals surface area contributed by atoms with E-state index in [0.29, 0.717) is 5.56 Å². The number of fused-ring (bicyclic) bond motifs is 2. The molecule has 2 aliphatic carbocycles. The van der Waals surface area contributed by atoms with Crippen LogP contribution in [0.25, 0.3) is 5.57 Å². The topological polar surface area (TPSA) is 63.3 Å². The number of aryl methyl sites for hydroxylation is 1. The molecule has 4 heteroatoms. The Labute approximate surface area is 139 Å². The van der Waals surface area contributed by atoms with Crippen LogP contribution in [0.15, 0.2) is 16.1 Å². The minimum atomic E-state index is -0.660. The van der Waals surface area contributed by atoms with Gasteiger partial charge in [-0.1, -0.05) is 5.57 Å². The van der Waals surface area contributed by atoms with Crippen LogP contribution in [0.4, 0.5) is 0 Å². The molecule has 0 saturated carbocycles.